The van der Waals surface area contributed by atoms with E-state index in [1.54, 1.807) is 18.2 Å². The summed E-state index contributed by atoms with van der Waals surface area (Å²) in [6.45, 7) is 2.38. The van der Waals surface area contributed by atoms with Gasteiger partial charge in [-0.15, -0.1) is 0 Å². The molecule has 0 saturated heterocycles. The van der Waals surface area contributed by atoms with Crippen molar-refractivity contribution >= 4 is 23.2 Å². The van der Waals surface area contributed by atoms with Crippen molar-refractivity contribution in [2.75, 3.05) is 5.32 Å². The first-order valence-electron chi connectivity index (χ1n) is 7.96. The highest BCUT2D eigenvalue weighted by atomic mass is 35.5. The predicted molar refractivity (Wildman–Crippen MR) is 101 cm³/mol. The van der Waals surface area contributed by atoms with Crippen LogP contribution in [0.5, 0.6) is 5.75 Å². The number of amides is 1. The first kappa shape index (κ1) is 17.1. The zero-order chi connectivity index (χ0) is 17.6. The fourth-order valence-corrected chi connectivity index (χ4v) is 2.49. The molecule has 0 heterocycles. The zero-order valence-electron chi connectivity index (χ0n) is 13.8. The van der Waals surface area contributed by atoms with E-state index in [-0.39, 0.29) is 5.91 Å². The van der Waals surface area contributed by atoms with Gasteiger partial charge in [0, 0.05) is 16.3 Å². The smallest absolute Gasteiger partial charge is 0.255 e. The molecule has 4 heteroatoms. The molecule has 0 atom stereocenters. The Morgan fingerprint density at radius 1 is 1.00 bits per heavy atom. The Hall–Kier alpha value is -2.78. The van der Waals surface area contributed by atoms with Gasteiger partial charge >= 0.3 is 0 Å². The van der Waals surface area contributed by atoms with Gasteiger partial charge in [-0.2, -0.15) is 0 Å². The number of ether oxygens (including phenoxy) is 1. The number of hydrogen-bond donors (Lipinski definition) is 1. The number of nitrogens with one attached hydrogen (secondary N) is 1. The van der Waals surface area contributed by atoms with Gasteiger partial charge in [0.15, 0.2) is 0 Å². The Labute approximate surface area is 152 Å². The number of carbonyl (C=O) groups is 1. The lowest BCUT2D eigenvalue weighted by molar-refractivity contribution is 0.102. The molecule has 3 rings (SSSR count). The SMILES string of the molecule is Cc1ccc(NC(=O)c2ccc(COc3ccccc3)cc2)cc1Cl. The summed E-state index contributed by atoms with van der Waals surface area (Å²) in [6.07, 6.45) is 0. The minimum absolute atomic E-state index is 0.171. The second-order valence-electron chi connectivity index (χ2n) is 5.72. The van der Waals surface area contributed by atoms with Crippen molar-refractivity contribution in [3.8, 4) is 5.75 Å². The molecule has 0 fully saturated rings. The summed E-state index contributed by atoms with van der Waals surface area (Å²) in [5, 5.41) is 3.48. The van der Waals surface area contributed by atoms with Gasteiger partial charge in [-0.1, -0.05) is 48.0 Å². The fourth-order valence-electron chi connectivity index (χ4n) is 2.31. The number of halogens is 1. The lowest BCUT2D eigenvalue weighted by Crippen LogP contribution is -2.12. The molecule has 0 aliphatic carbocycles. The second kappa shape index (κ2) is 7.86. The minimum atomic E-state index is -0.171. The monoisotopic (exact) mass is 351 g/mol. The molecule has 0 bridgehead atoms. The van der Waals surface area contributed by atoms with Crippen LogP contribution in [0.2, 0.25) is 5.02 Å². The highest BCUT2D eigenvalue weighted by molar-refractivity contribution is 6.31. The van der Waals surface area contributed by atoms with Gasteiger partial charge in [-0.25, -0.2) is 0 Å². The van der Waals surface area contributed by atoms with E-state index in [0.29, 0.717) is 22.9 Å². The molecule has 0 saturated carbocycles. The van der Waals surface area contributed by atoms with Crippen LogP contribution in [-0.2, 0) is 6.61 Å². The first-order valence-corrected chi connectivity index (χ1v) is 8.34. The maximum atomic E-state index is 12.3. The molecule has 3 aromatic carbocycles. The maximum Gasteiger partial charge on any atom is 0.255 e. The summed E-state index contributed by atoms with van der Waals surface area (Å²) in [5.41, 5.74) is 3.23. The Bertz CT molecular complexity index is 861. The molecule has 0 aliphatic heterocycles. The van der Waals surface area contributed by atoms with Crippen LogP contribution in [0.3, 0.4) is 0 Å². The predicted octanol–water partition coefficient (Wildman–Crippen LogP) is 5.48. The second-order valence-corrected chi connectivity index (χ2v) is 6.12. The van der Waals surface area contributed by atoms with Crippen LogP contribution < -0.4 is 10.1 Å². The van der Waals surface area contributed by atoms with Crippen molar-refractivity contribution in [2.24, 2.45) is 0 Å². The van der Waals surface area contributed by atoms with Gasteiger partial charge in [0.05, 0.1) is 0 Å². The van der Waals surface area contributed by atoms with Crippen LogP contribution in [0.25, 0.3) is 0 Å². The fraction of sp³-hybridized carbons (Fsp3) is 0.0952. The van der Waals surface area contributed by atoms with Crippen LogP contribution in [0.4, 0.5) is 5.69 Å². The van der Waals surface area contributed by atoms with Crippen molar-refractivity contribution < 1.29 is 9.53 Å². The molecule has 0 spiro atoms. The van der Waals surface area contributed by atoms with Gasteiger partial charge in [0.1, 0.15) is 12.4 Å². The summed E-state index contributed by atoms with van der Waals surface area (Å²) in [5.74, 6) is 0.649. The standard InChI is InChI=1S/C21H18ClNO2/c1-15-7-12-18(13-20(15)22)23-21(24)17-10-8-16(9-11-17)14-25-19-5-3-2-4-6-19/h2-13H,14H2,1H3,(H,23,24). The zero-order valence-corrected chi connectivity index (χ0v) is 14.6. The van der Waals surface area contributed by atoms with E-state index in [1.165, 1.54) is 0 Å². The minimum Gasteiger partial charge on any atom is -0.489 e. The average molecular weight is 352 g/mol. The average Bonchev–Trinajstić information content (AvgIpc) is 2.64. The molecule has 0 radical (unpaired) electrons. The molecule has 1 amide bonds. The molecule has 0 aliphatic rings. The highest BCUT2D eigenvalue weighted by Crippen LogP contribution is 2.20. The topological polar surface area (TPSA) is 38.3 Å². The number of anilines is 1. The van der Waals surface area contributed by atoms with Gasteiger partial charge in [-0.05, 0) is 54.4 Å². The Morgan fingerprint density at radius 2 is 1.72 bits per heavy atom. The first-order chi connectivity index (χ1) is 12.1. The van der Waals surface area contributed by atoms with Crippen LogP contribution in [0, 0.1) is 6.92 Å². The third-order valence-electron chi connectivity index (χ3n) is 3.79. The van der Waals surface area contributed by atoms with Gasteiger partial charge in [-0.3, -0.25) is 4.79 Å². The van der Waals surface area contributed by atoms with Crippen LogP contribution in [0.1, 0.15) is 21.5 Å². The van der Waals surface area contributed by atoms with E-state index < -0.39 is 0 Å². The molecular formula is C21H18ClNO2. The summed E-state index contributed by atoms with van der Waals surface area (Å²) in [7, 11) is 0. The van der Waals surface area contributed by atoms with E-state index >= 15 is 0 Å². The molecule has 126 valence electrons. The van der Waals surface area contributed by atoms with Crippen molar-refractivity contribution in [3.05, 3.63) is 94.5 Å². The number of rotatable bonds is 5. The molecule has 3 aromatic rings. The van der Waals surface area contributed by atoms with E-state index in [4.69, 9.17) is 16.3 Å². The largest absolute Gasteiger partial charge is 0.489 e. The van der Waals surface area contributed by atoms with E-state index in [1.807, 2.05) is 61.5 Å². The summed E-state index contributed by atoms with van der Waals surface area (Å²) in [4.78, 5) is 12.3. The molecule has 1 N–H and O–H groups in total. The Kier molecular flexibility index (Phi) is 5.36. The van der Waals surface area contributed by atoms with E-state index in [9.17, 15) is 4.79 Å². The number of hydrogen-bond acceptors (Lipinski definition) is 2. The molecule has 0 aromatic heterocycles. The van der Waals surface area contributed by atoms with E-state index in [2.05, 4.69) is 5.32 Å². The van der Waals surface area contributed by atoms with Crippen molar-refractivity contribution in [3.63, 3.8) is 0 Å². The molecule has 3 nitrogen and oxygen atoms in total. The lowest BCUT2D eigenvalue weighted by atomic mass is 10.1. The number of carbonyl (C=O) groups excluding carboxylic acids is 1. The van der Waals surface area contributed by atoms with E-state index in [0.717, 1.165) is 16.9 Å². The third kappa shape index (κ3) is 4.61. The van der Waals surface area contributed by atoms with Crippen molar-refractivity contribution in [2.45, 2.75) is 13.5 Å². The Morgan fingerprint density at radius 3 is 2.40 bits per heavy atom. The normalized spacial score (nSPS) is 10.3. The third-order valence-corrected chi connectivity index (χ3v) is 4.20. The van der Waals surface area contributed by atoms with Gasteiger partial charge in [0.25, 0.3) is 5.91 Å². The number of benzene rings is 3. The highest BCUT2D eigenvalue weighted by Gasteiger charge is 2.07. The Balaban J connectivity index is 1.61. The molecular weight excluding hydrogens is 334 g/mol. The summed E-state index contributed by atoms with van der Waals surface area (Å²) < 4.78 is 5.70. The van der Waals surface area contributed by atoms with Crippen molar-refractivity contribution in [1.29, 1.82) is 0 Å². The van der Waals surface area contributed by atoms with Crippen molar-refractivity contribution in [1.82, 2.24) is 0 Å². The quantitative estimate of drug-likeness (QED) is 0.661. The van der Waals surface area contributed by atoms with Crippen LogP contribution in [0.15, 0.2) is 72.8 Å². The summed E-state index contributed by atoms with van der Waals surface area (Å²) in [6, 6.07) is 22.4. The van der Waals surface area contributed by atoms with Crippen LogP contribution in [-0.4, -0.2) is 5.91 Å². The molecule has 0 unspecified atom stereocenters. The lowest BCUT2D eigenvalue weighted by Gasteiger charge is -2.09. The molecule has 25 heavy (non-hydrogen) atoms. The number of para-hydroxylation sites is 1. The van der Waals surface area contributed by atoms with Crippen LogP contribution >= 0.6 is 11.6 Å². The number of aryl methyl sites for hydroxylation is 1. The van der Waals surface area contributed by atoms with Gasteiger partial charge in [0.2, 0.25) is 0 Å². The summed E-state index contributed by atoms with van der Waals surface area (Å²) >= 11 is 6.08. The maximum absolute atomic E-state index is 12.3. The van der Waals surface area contributed by atoms with Gasteiger partial charge < -0.3 is 10.1 Å².